The number of hydrogen-bond acceptors (Lipinski definition) is 3. The van der Waals surface area contributed by atoms with Crippen LogP contribution < -0.4 is 0 Å². The minimum absolute atomic E-state index is 0.00659. The van der Waals surface area contributed by atoms with Crippen molar-refractivity contribution < 1.29 is 18.7 Å². The molecule has 30 heavy (non-hydrogen) atoms. The molecule has 2 aromatic rings. The number of carbonyl (C=O) groups excluding carboxylic acids is 2. The smallest absolute Gasteiger partial charge is 0.230 e. The molecule has 2 aromatic carbocycles. The lowest BCUT2D eigenvalue weighted by atomic mass is 9.77. The Morgan fingerprint density at radius 1 is 1.10 bits per heavy atom. The predicted octanol–water partition coefficient (Wildman–Crippen LogP) is 3.38. The molecule has 0 aliphatic carbocycles. The summed E-state index contributed by atoms with van der Waals surface area (Å²) in [6, 6.07) is 14.3. The second kappa shape index (κ2) is 9.39. The van der Waals surface area contributed by atoms with Crippen LogP contribution in [0.25, 0.3) is 11.1 Å². The number of rotatable bonds is 7. The Morgan fingerprint density at radius 2 is 1.77 bits per heavy atom. The fourth-order valence-corrected chi connectivity index (χ4v) is 4.28. The Bertz CT molecular complexity index is 915. The van der Waals surface area contributed by atoms with Crippen molar-refractivity contribution in [2.75, 3.05) is 40.9 Å². The summed E-state index contributed by atoms with van der Waals surface area (Å²) in [4.78, 5) is 29.1. The van der Waals surface area contributed by atoms with Crippen molar-refractivity contribution in [3.63, 3.8) is 0 Å². The van der Waals surface area contributed by atoms with Gasteiger partial charge in [-0.2, -0.15) is 0 Å². The van der Waals surface area contributed by atoms with Crippen molar-refractivity contribution in [3.8, 4) is 11.1 Å². The van der Waals surface area contributed by atoms with Gasteiger partial charge in [0.15, 0.2) is 0 Å². The Hall–Kier alpha value is -2.73. The average Bonchev–Trinajstić information content (AvgIpc) is 3.17. The van der Waals surface area contributed by atoms with E-state index < -0.39 is 5.41 Å². The third-order valence-corrected chi connectivity index (χ3v) is 5.80. The first-order valence-corrected chi connectivity index (χ1v) is 10.2. The quantitative estimate of drug-likeness (QED) is 0.701. The maximum Gasteiger partial charge on any atom is 0.230 e. The van der Waals surface area contributed by atoms with Gasteiger partial charge < -0.3 is 14.5 Å². The molecule has 1 atom stereocenters. The number of benzene rings is 2. The van der Waals surface area contributed by atoms with Gasteiger partial charge in [-0.25, -0.2) is 4.39 Å². The van der Waals surface area contributed by atoms with Gasteiger partial charge in [0.1, 0.15) is 5.82 Å². The van der Waals surface area contributed by atoms with E-state index in [2.05, 4.69) is 0 Å². The van der Waals surface area contributed by atoms with E-state index in [0.717, 1.165) is 11.1 Å². The number of nitrogens with zero attached hydrogens (tertiary/aromatic N) is 2. The fourth-order valence-electron chi connectivity index (χ4n) is 4.28. The van der Waals surface area contributed by atoms with Crippen LogP contribution in [-0.4, -0.2) is 62.5 Å². The van der Waals surface area contributed by atoms with Crippen LogP contribution in [0.3, 0.4) is 0 Å². The molecule has 5 nitrogen and oxygen atoms in total. The monoisotopic (exact) mass is 412 g/mol. The van der Waals surface area contributed by atoms with E-state index in [1.54, 1.807) is 43.1 Å². The van der Waals surface area contributed by atoms with Crippen molar-refractivity contribution in [2.45, 2.75) is 19.3 Å². The minimum Gasteiger partial charge on any atom is -0.384 e. The molecule has 1 heterocycles. The number of hydrogen-bond donors (Lipinski definition) is 0. The molecular formula is C24H29FN2O3. The summed E-state index contributed by atoms with van der Waals surface area (Å²) in [6.07, 6.45) is 1.32. The van der Waals surface area contributed by atoms with Crippen molar-refractivity contribution >= 4 is 11.8 Å². The number of amides is 2. The molecule has 0 bridgehead atoms. The molecule has 1 saturated heterocycles. The molecule has 160 valence electrons. The first-order valence-electron chi connectivity index (χ1n) is 10.2. The number of carbonyl (C=O) groups is 2. The molecule has 1 aliphatic heterocycles. The highest BCUT2D eigenvalue weighted by atomic mass is 19.1. The van der Waals surface area contributed by atoms with Gasteiger partial charge >= 0.3 is 0 Å². The van der Waals surface area contributed by atoms with Crippen LogP contribution in [0.1, 0.15) is 18.4 Å². The van der Waals surface area contributed by atoms with Gasteiger partial charge in [-0.3, -0.25) is 9.59 Å². The van der Waals surface area contributed by atoms with Crippen molar-refractivity contribution in [2.24, 2.45) is 5.41 Å². The lowest BCUT2D eigenvalue weighted by molar-refractivity contribution is -0.139. The van der Waals surface area contributed by atoms with Crippen LogP contribution in [0.5, 0.6) is 0 Å². The third-order valence-electron chi connectivity index (χ3n) is 5.80. The number of ether oxygens (including phenoxy) is 1. The number of likely N-dealkylation sites (tertiary alicyclic amines) is 1. The second-order valence-electron chi connectivity index (χ2n) is 8.10. The molecule has 3 rings (SSSR count). The molecule has 0 saturated carbocycles. The summed E-state index contributed by atoms with van der Waals surface area (Å²) in [5.74, 6) is -0.304. The summed E-state index contributed by atoms with van der Waals surface area (Å²) in [6.45, 7) is 1.25. The van der Waals surface area contributed by atoms with E-state index in [-0.39, 0.29) is 17.6 Å². The summed E-state index contributed by atoms with van der Waals surface area (Å²) < 4.78 is 19.5. The zero-order chi connectivity index (χ0) is 21.7. The standard InChI is InChI=1S/C24H29FN2O3/c1-26(2)23(29)24(13-14-27(17-24)22(28)12-15-30-3)16-18-8-4-5-9-19(18)20-10-6-7-11-21(20)25/h4-11H,12-17H2,1-3H3. The normalized spacial score (nSPS) is 18.5. The molecule has 6 heteroatoms. The lowest BCUT2D eigenvalue weighted by Crippen LogP contribution is -2.44. The molecule has 0 N–H and O–H groups in total. The molecule has 0 aromatic heterocycles. The molecule has 0 radical (unpaired) electrons. The van der Waals surface area contributed by atoms with Crippen molar-refractivity contribution in [1.82, 2.24) is 9.80 Å². The van der Waals surface area contributed by atoms with E-state index in [1.807, 2.05) is 30.3 Å². The molecule has 2 amide bonds. The molecule has 1 fully saturated rings. The van der Waals surface area contributed by atoms with E-state index >= 15 is 0 Å². The van der Waals surface area contributed by atoms with Crippen molar-refractivity contribution in [1.29, 1.82) is 0 Å². The molecule has 0 spiro atoms. The van der Waals surface area contributed by atoms with Crippen LogP contribution in [0.4, 0.5) is 4.39 Å². The number of halogens is 1. The first-order chi connectivity index (χ1) is 14.4. The van der Waals surface area contributed by atoms with Crippen LogP contribution in [-0.2, 0) is 20.7 Å². The SMILES string of the molecule is COCCC(=O)N1CCC(Cc2ccccc2-c2ccccc2F)(C(=O)N(C)C)C1. The van der Waals surface area contributed by atoms with Gasteiger partial charge in [0.05, 0.1) is 18.4 Å². The van der Waals surface area contributed by atoms with Gasteiger partial charge in [0.25, 0.3) is 0 Å². The molecule has 1 unspecified atom stereocenters. The van der Waals surface area contributed by atoms with E-state index in [1.165, 1.54) is 6.07 Å². The third kappa shape index (κ3) is 4.54. The fraction of sp³-hybridized carbons (Fsp3) is 0.417. The second-order valence-corrected chi connectivity index (χ2v) is 8.10. The zero-order valence-electron chi connectivity index (χ0n) is 17.9. The van der Waals surface area contributed by atoms with Gasteiger partial charge in [0.2, 0.25) is 11.8 Å². The summed E-state index contributed by atoms with van der Waals surface area (Å²) in [5.41, 5.74) is 1.48. The van der Waals surface area contributed by atoms with Gasteiger partial charge in [-0.05, 0) is 30.0 Å². The topological polar surface area (TPSA) is 49.9 Å². The Kier molecular flexibility index (Phi) is 6.87. The van der Waals surface area contributed by atoms with E-state index in [4.69, 9.17) is 4.74 Å². The maximum atomic E-state index is 14.5. The highest BCUT2D eigenvalue weighted by molar-refractivity contribution is 5.86. The minimum atomic E-state index is -0.729. The first kappa shape index (κ1) is 22.0. The predicted molar refractivity (Wildman–Crippen MR) is 114 cm³/mol. The highest BCUT2D eigenvalue weighted by Crippen LogP contribution is 2.39. The van der Waals surface area contributed by atoms with Crippen LogP contribution in [0.2, 0.25) is 0 Å². The molecular weight excluding hydrogens is 383 g/mol. The molecule has 1 aliphatic rings. The summed E-state index contributed by atoms with van der Waals surface area (Å²) in [5, 5.41) is 0. The summed E-state index contributed by atoms with van der Waals surface area (Å²) >= 11 is 0. The number of methoxy groups -OCH3 is 1. The summed E-state index contributed by atoms with van der Waals surface area (Å²) in [7, 11) is 5.04. The Balaban J connectivity index is 1.94. The van der Waals surface area contributed by atoms with E-state index in [9.17, 15) is 14.0 Å². The van der Waals surface area contributed by atoms with Gasteiger partial charge in [-0.1, -0.05) is 42.5 Å². The Labute approximate surface area is 177 Å². The lowest BCUT2D eigenvalue weighted by Gasteiger charge is -2.32. The van der Waals surface area contributed by atoms with Gasteiger partial charge in [-0.15, -0.1) is 0 Å². The van der Waals surface area contributed by atoms with Crippen LogP contribution in [0.15, 0.2) is 48.5 Å². The largest absolute Gasteiger partial charge is 0.384 e. The highest BCUT2D eigenvalue weighted by Gasteiger charge is 2.46. The van der Waals surface area contributed by atoms with E-state index in [0.29, 0.717) is 44.5 Å². The average molecular weight is 413 g/mol. The van der Waals surface area contributed by atoms with Crippen LogP contribution >= 0.6 is 0 Å². The zero-order valence-corrected chi connectivity index (χ0v) is 17.9. The Morgan fingerprint density at radius 3 is 2.43 bits per heavy atom. The van der Waals surface area contributed by atoms with Crippen LogP contribution in [0, 0.1) is 11.2 Å². The maximum absolute atomic E-state index is 14.5. The van der Waals surface area contributed by atoms with Gasteiger partial charge in [0, 0.05) is 39.9 Å². The van der Waals surface area contributed by atoms with Crippen molar-refractivity contribution in [3.05, 3.63) is 59.9 Å².